The number of benzene rings is 1. The van der Waals surface area contributed by atoms with Crippen LogP contribution in [0.2, 0.25) is 0 Å². The lowest BCUT2D eigenvalue weighted by Crippen LogP contribution is -2.22. The SMILES string of the molecule is O=C(O)C(F)COc1ccccc1. The average molecular weight is 184 g/mol. The van der Waals surface area contributed by atoms with Gasteiger partial charge in [0.05, 0.1) is 0 Å². The molecule has 1 atom stereocenters. The molecular formula is C9H9FO3. The van der Waals surface area contributed by atoms with Crippen LogP contribution < -0.4 is 4.74 Å². The first-order chi connectivity index (χ1) is 6.20. The predicted octanol–water partition coefficient (Wildman–Crippen LogP) is 1.49. The summed E-state index contributed by atoms with van der Waals surface area (Å²) in [6.45, 7) is -0.459. The third kappa shape index (κ3) is 3.11. The van der Waals surface area contributed by atoms with Gasteiger partial charge in [0.15, 0.2) is 0 Å². The molecule has 3 nitrogen and oxygen atoms in total. The zero-order chi connectivity index (χ0) is 9.68. The van der Waals surface area contributed by atoms with E-state index in [9.17, 15) is 9.18 Å². The maximum atomic E-state index is 12.5. The Hall–Kier alpha value is -1.58. The molecular weight excluding hydrogens is 175 g/mol. The van der Waals surface area contributed by atoms with Crippen molar-refractivity contribution in [3.63, 3.8) is 0 Å². The lowest BCUT2D eigenvalue weighted by molar-refractivity contribution is -0.143. The lowest BCUT2D eigenvalue weighted by Gasteiger charge is -2.06. The predicted molar refractivity (Wildman–Crippen MR) is 44.5 cm³/mol. The molecule has 1 aromatic rings. The Morgan fingerprint density at radius 2 is 2.08 bits per heavy atom. The van der Waals surface area contributed by atoms with Gasteiger partial charge in [0.2, 0.25) is 6.17 Å². The molecule has 4 heteroatoms. The number of carbonyl (C=O) groups is 1. The summed E-state index contributed by atoms with van der Waals surface area (Å²) < 4.78 is 17.4. The number of rotatable bonds is 4. The van der Waals surface area contributed by atoms with Crippen molar-refractivity contribution in [2.45, 2.75) is 6.17 Å². The molecule has 0 saturated heterocycles. The molecule has 0 heterocycles. The Morgan fingerprint density at radius 3 is 2.62 bits per heavy atom. The second-order valence-corrected chi connectivity index (χ2v) is 2.43. The van der Waals surface area contributed by atoms with E-state index < -0.39 is 18.7 Å². The molecule has 70 valence electrons. The van der Waals surface area contributed by atoms with Crippen LogP contribution in [0.15, 0.2) is 30.3 Å². The quantitative estimate of drug-likeness (QED) is 0.771. The van der Waals surface area contributed by atoms with Crippen LogP contribution in [-0.4, -0.2) is 23.9 Å². The monoisotopic (exact) mass is 184 g/mol. The number of hydrogen-bond acceptors (Lipinski definition) is 2. The molecule has 13 heavy (non-hydrogen) atoms. The third-order valence-corrected chi connectivity index (χ3v) is 1.41. The Kier molecular flexibility index (Phi) is 3.25. The summed E-state index contributed by atoms with van der Waals surface area (Å²) in [6.07, 6.45) is -1.97. The molecule has 1 N–H and O–H groups in total. The van der Waals surface area contributed by atoms with E-state index in [-0.39, 0.29) is 0 Å². The van der Waals surface area contributed by atoms with Gasteiger partial charge >= 0.3 is 5.97 Å². The van der Waals surface area contributed by atoms with Crippen LogP contribution in [0, 0.1) is 0 Å². The fraction of sp³-hybridized carbons (Fsp3) is 0.222. The van der Waals surface area contributed by atoms with Gasteiger partial charge in [-0.3, -0.25) is 0 Å². The topological polar surface area (TPSA) is 46.5 Å². The van der Waals surface area contributed by atoms with E-state index in [1.807, 2.05) is 0 Å². The number of hydrogen-bond donors (Lipinski definition) is 1. The second kappa shape index (κ2) is 4.45. The van der Waals surface area contributed by atoms with Crippen LogP contribution in [0.3, 0.4) is 0 Å². The van der Waals surface area contributed by atoms with Gasteiger partial charge in [-0.05, 0) is 12.1 Å². The van der Waals surface area contributed by atoms with Crippen LogP contribution in [0.1, 0.15) is 0 Å². The fourth-order valence-corrected chi connectivity index (χ4v) is 0.757. The van der Waals surface area contributed by atoms with Crippen LogP contribution in [0.4, 0.5) is 4.39 Å². The molecule has 0 amide bonds. The molecule has 0 radical (unpaired) electrons. The van der Waals surface area contributed by atoms with Crippen molar-refractivity contribution in [3.8, 4) is 5.75 Å². The number of alkyl halides is 1. The highest BCUT2D eigenvalue weighted by molar-refractivity contribution is 5.72. The summed E-state index contributed by atoms with van der Waals surface area (Å²) in [5.41, 5.74) is 0. The Bertz CT molecular complexity index is 273. The minimum absolute atomic E-state index is 0.459. The second-order valence-electron chi connectivity index (χ2n) is 2.43. The van der Waals surface area contributed by atoms with E-state index in [2.05, 4.69) is 0 Å². The maximum absolute atomic E-state index is 12.5. The van der Waals surface area contributed by atoms with E-state index >= 15 is 0 Å². The summed E-state index contributed by atoms with van der Waals surface area (Å²) in [7, 11) is 0. The van der Waals surface area contributed by atoms with Crippen molar-refractivity contribution in [2.75, 3.05) is 6.61 Å². The summed E-state index contributed by atoms with van der Waals surface area (Å²) >= 11 is 0. The summed E-state index contributed by atoms with van der Waals surface area (Å²) in [6, 6.07) is 8.51. The average Bonchev–Trinajstić information content (AvgIpc) is 2.15. The van der Waals surface area contributed by atoms with Crippen molar-refractivity contribution in [3.05, 3.63) is 30.3 Å². The zero-order valence-corrected chi connectivity index (χ0v) is 6.81. The van der Waals surface area contributed by atoms with Crippen molar-refractivity contribution >= 4 is 5.97 Å². The molecule has 0 bridgehead atoms. The number of ether oxygens (including phenoxy) is 1. The van der Waals surface area contributed by atoms with E-state index in [4.69, 9.17) is 9.84 Å². The van der Waals surface area contributed by atoms with Crippen molar-refractivity contribution in [1.29, 1.82) is 0 Å². The Morgan fingerprint density at radius 1 is 1.46 bits per heavy atom. The molecule has 1 rings (SSSR count). The standard InChI is InChI=1S/C9H9FO3/c10-8(9(11)12)6-13-7-4-2-1-3-5-7/h1-5,8H,6H2,(H,11,12). The van der Waals surface area contributed by atoms with E-state index in [1.54, 1.807) is 30.3 Å². The highest BCUT2D eigenvalue weighted by Crippen LogP contribution is 2.08. The first kappa shape index (κ1) is 9.51. The molecule has 0 aromatic heterocycles. The molecule has 0 aliphatic rings. The first-order valence-corrected chi connectivity index (χ1v) is 3.75. The first-order valence-electron chi connectivity index (χ1n) is 3.75. The highest BCUT2D eigenvalue weighted by Gasteiger charge is 2.15. The number of para-hydroxylation sites is 1. The van der Waals surface area contributed by atoms with Crippen molar-refractivity contribution in [1.82, 2.24) is 0 Å². The number of halogens is 1. The largest absolute Gasteiger partial charge is 0.490 e. The molecule has 0 spiro atoms. The summed E-state index contributed by atoms with van der Waals surface area (Å²) in [4.78, 5) is 10.1. The minimum atomic E-state index is -1.97. The Balaban J connectivity index is 2.39. The normalized spacial score (nSPS) is 12.1. The maximum Gasteiger partial charge on any atom is 0.341 e. The van der Waals surface area contributed by atoms with E-state index in [0.29, 0.717) is 5.75 Å². The summed E-state index contributed by atoms with van der Waals surface area (Å²) in [5, 5.41) is 8.21. The minimum Gasteiger partial charge on any atom is -0.490 e. The van der Waals surface area contributed by atoms with Crippen molar-refractivity contribution in [2.24, 2.45) is 0 Å². The third-order valence-electron chi connectivity index (χ3n) is 1.41. The van der Waals surface area contributed by atoms with Gasteiger partial charge in [0.1, 0.15) is 12.4 Å². The molecule has 1 unspecified atom stereocenters. The lowest BCUT2D eigenvalue weighted by atomic mass is 10.3. The van der Waals surface area contributed by atoms with Gasteiger partial charge in [-0.15, -0.1) is 0 Å². The van der Waals surface area contributed by atoms with Gasteiger partial charge < -0.3 is 9.84 Å². The Labute approximate surface area is 74.8 Å². The number of carboxylic acid groups (broad SMARTS) is 1. The van der Waals surface area contributed by atoms with Gasteiger partial charge in [-0.2, -0.15) is 0 Å². The number of carboxylic acids is 1. The highest BCUT2D eigenvalue weighted by atomic mass is 19.1. The van der Waals surface area contributed by atoms with Crippen LogP contribution >= 0.6 is 0 Å². The van der Waals surface area contributed by atoms with Crippen molar-refractivity contribution < 1.29 is 19.0 Å². The van der Waals surface area contributed by atoms with Gasteiger partial charge in [-0.1, -0.05) is 18.2 Å². The van der Waals surface area contributed by atoms with Gasteiger partial charge in [0, 0.05) is 0 Å². The van der Waals surface area contributed by atoms with Crippen LogP contribution in [-0.2, 0) is 4.79 Å². The van der Waals surface area contributed by atoms with Crippen LogP contribution in [0.5, 0.6) is 5.75 Å². The van der Waals surface area contributed by atoms with Crippen LogP contribution in [0.25, 0.3) is 0 Å². The molecule has 0 fully saturated rings. The summed E-state index contributed by atoms with van der Waals surface area (Å²) in [5.74, 6) is -1.04. The van der Waals surface area contributed by atoms with E-state index in [0.717, 1.165) is 0 Å². The fourth-order valence-electron chi connectivity index (χ4n) is 0.757. The molecule has 0 aliphatic carbocycles. The van der Waals surface area contributed by atoms with E-state index in [1.165, 1.54) is 0 Å². The molecule has 0 saturated carbocycles. The smallest absolute Gasteiger partial charge is 0.341 e. The molecule has 0 aliphatic heterocycles. The number of aliphatic carboxylic acids is 1. The van der Waals surface area contributed by atoms with Gasteiger partial charge in [0.25, 0.3) is 0 Å². The zero-order valence-electron chi connectivity index (χ0n) is 6.81. The molecule has 1 aromatic carbocycles. The van der Waals surface area contributed by atoms with Gasteiger partial charge in [-0.25, -0.2) is 9.18 Å².